The van der Waals surface area contributed by atoms with E-state index in [4.69, 9.17) is 5.73 Å². The zero-order chi connectivity index (χ0) is 17.7. The number of halogens is 5. The first-order valence-electron chi connectivity index (χ1n) is 7.40. The highest BCUT2D eigenvalue weighted by atomic mass is 35.5. The van der Waals surface area contributed by atoms with Gasteiger partial charge in [-0.3, -0.25) is 4.79 Å². The Morgan fingerprint density at radius 2 is 2.04 bits per heavy atom. The van der Waals surface area contributed by atoms with E-state index in [0.717, 1.165) is 12.1 Å². The summed E-state index contributed by atoms with van der Waals surface area (Å²) in [5, 5.41) is 4.88. The van der Waals surface area contributed by atoms with Gasteiger partial charge in [-0.05, 0) is 25.5 Å². The Bertz CT molecular complexity index is 708. The van der Waals surface area contributed by atoms with Gasteiger partial charge in [-0.25, -0.2) is 4.98 Å². The molecule has 0 saturated heterocycles. The maximum atomic E-state index is 12.8. The summed E-state index contributed by atoms with van der Waals surface area (Å²) in [5.74, 6) is -0.184. The summed E-state index contributed by atoms with van der Waals surface area (Å²) in [4.78, 5) is 16.0. The van der Waals surface area contributed by atoms with Crippen molar-refractivity contribution >= 4 is 42.1 Å². The predicted molar refractivity (Wildman–Crippen MR) is 102 cm³/mol. The molecule has 0 fully saturated rings. The molecular weight excluding hydrogens is 410 g/mol. The molecule has 0 aliphatic heterocycles. The number of nitrogens with zero attached hydrogens (tertiary/aromatic N) is 1. The Morgan fingerprint density at radius 1 is 1.35 bits per heavy atom. The number of benzene rings is 1. The number of aromatic nitrogens is 1. The lowest BCUT2D eigenvalue weighted by atomic mass is 10.1. The number of hydrogen-bond acceptors (Lipinski definition) is 4. The zero-order valence-electron chi connectivity index (χ0n) is 13.9. The van der Waals surface area contributed by atoms with Crippen molar-refractivity contribution in [3.05, 3.63) is 40.9 Å². The minimum Gasteiger partial charge on any atom is -0.356 e. The number of thiazole rings is 1. The second-order valence-electron chi connectivity index (χ2n) is 5.52. The van der Waals surface area contributed by atoms with Gasteiger partial charge in [0, 0.05) is 23.5 Å². The first-order chi connectivity index (χ1) is 11.3. The lowest BCUT2D eigenvalue weighted by Gasteiger charge is -2.07. The van der Waals surface area contributed by atoms with E-state index in [-0.39, 0.29) is 43.2 Å². The van der Waals surface area contributed by atoms with Crippen LogP contribution < -0.4 is 11.1 Å². The van der Waals surface area contributed by atoms with E-state index in [1.54, 1.807) is 11.4 Å². The van der Waals surface area contributed by atoms with Gasteiger partial charge in [0.1, 0.15) is 5.01 Å². The summed E-state index contributed by atoms with van der Waals surface area (Å²) in [6, 6.07) is 5.01. The molecule has 3 N–H and O–H groups in total. The van der Waals surface area contributed by atoms with Crippen LogP contribution in [0.25, 0.3) is 10.6 Å². The largest absolute Gasteiger partial charge is 0.416 e. The summed E-state index contributed by atoms with van der Waals surface area (Å²) in [7, 11) is 0. The summed E-state index contributed by atoms with van der Waals surface area (Å²) < 4.78 is 38.3. The van der Waals surface area contributed by atoms with Crippen molar-refractivity contribution in [3.8, 4) is 10.6 Å². The van der Waals surface area contributed by atoms with Crippen molar-refractivity contribution in [2.75, 3.05) is 6.54 Å². The fourth-order valence-corrected chi connectivity index (χ4v) is 2.83. The van der Waals surface area contributed by atoms with Crippen LogP contribution in [0.3, 0.4) is 0 Å². The van der Waals surface area contributed by atoms with Crippen LogP contribution in [0.15, 0.2) is 29.6 Å². The minimum absolute atomic E-state index is 0. The second kappa shape index (κ2) is 10.7. The number of rotatable bonds is 6. The third-order valence-corrected chi connectivity index (χ3v) is 4.19. The molecule has 26 heavy (non-hydrogen) atoms. The molecule has 0 saturated carbocycles. The molecule has 1 aromatic carbocycles. The molecule has 0 bridgehead atoms. The van der Waals surface area contributed by atoms with E-state index < -0.39 is 11.7 Å². The van der Waals surface area contributed by atoms with Crippen LogP contribution in [0.1, 0.15) is 24.6 Å². The SMILES string of the molecule is CC(N)CCNC(=O)Cc1csc(-c2cccc(C(F)(F)F)c2)n1.Cl.Cl. The quantitative estimate of drug-likeness (QED) is 0.726. The minimum atomic E-state index is -4.39. The van der Waals surface area contributed by atoms with Gasteiger partial charge in [-0.1, -0.05) is 12.1 Å². The fraction of sp³-hybridized carbons (Fsp3) is 0.375. The first-order valence-corrected chi connectivity index (χ1v) is 8.28. The molecule has 146 valence electrons. The van der Waals surface area contributed by atoms with E-state index in [0.29, 0.717) is 29.2 Å². The normalized spacial score (nSPS) is 11.9. The number of nitrogens with one attached hydrogen (secondary N) is 1. The molecule has 2 aromatic rings. The van der Waals surface area contributed by atoms with Crippen molar-refractivity contribution in [2.24, 2.45) is 5.73 Å². The van der Waals surface area contributed by atoms with Gasteiger partial charge in [0.05, 0.1) is 17.7 Å². The third kappa shape index (κ3) is 7.49. The Kier molecular flexibility index (Phi) is 10.2. The highest BCUT2D eigenvalue weighted by Gasteiger charge is 2.30. The molecule has 0 aliphatic carbocycles. The van der Waals surface area contributed by atoms with Gasteiger partial charge < -0.3 is 11.1 Å². The number of hydrogen-bond donors (Lipinski definition) is 2. The van der Waals surface area contributed by atoms with Gasteiger partial charge in [0.2, 0.25) is 5.91 Å². The summed E-state index contributed by atoms with van der Waals surface area (Å²) in [6.07, 6.45) is -3.62. The number of nitrogens with two attached hydrogens (primary N) is 1. The van der Waals surface area contributed by atoms with Crippen LogP contribution in [-0.2, 0) is 17.4 Å². The van der Waals surface area contributed by atoms with Gasteiger partial charge in [-0.2, -0.15) is 13.2 Å². The average Bonchev–Trinajstić information content (AvgIpc) is 2.94. The fourth-order valence-electron chi connectivity index (χ4n) is 2.02. The van der Waals surface area contributed by atoms with E-state index in [1.807, 2.05) is 6.92 Å². The van der Waals surface area contributed by atoms with Gasteiger partial charge in [-0.15, -0.1) is 36.2 Å². The highest BCUT2D eigenvalue weighted by molar-refractivity contribution is 7.13. The Labute approximate surface area is 166 Å². The van der Waals surface area contributed by atoms with Crippen molar-refractivity contribution in [1.82, 2.24) is 10.3 Å². The molecule has 1 heterocycles. The molecule has 10 heteroatoms. The van der Waals surface area contributed by atoms with Crippen molar-refractivity contribution in [3.63, 3.8) is 0 Å². The van der Waals surface area contributed by atoms with Crippen LogP contribution in [0.5, 0.6) is 0 Å². The van der Waals surface area contributed by atoms with Crippen LogP contribution in [0.2, 0.25) is 0 Å². The average molecular weight is 430 g/mol. The second-order valence-corrected chi connectivity index (χ2v) is 6.37. The zero-order valence-corrected chi connectivity index (χ0v) is 16.3. The summed E-state index contributed by atoms with van der Waals surface area (Å²) >= 11 is 1.21. The molecule has 0 aliphatic rings. The molecule has 2 rings (SSSR count). The van der Waals surface area contributed by atoms with Crippen molar-refractivity contribution in [1.29, 1.82) is 0 Å². The van der Waals surface area contributed by atoms with Crippen molar-refractivity contribution in [2.45, 2.75) is 32.0 Å². The van der Waals surface area contributed by atoms with Crippen LogP contribution in [0, 0.1) is 0 Å². The van der Waals surface area contributed by atoms with Gasteiger partial charge >= 0.3 is 6.18 Å². The molecule has 1 unspecified atom stereocenters. The monoisotopic (exact) mass is 429 g/mol. The van der Waals surface area contributed by atoms with E-state index in [1.165, 1.54) is 17.4 Å². The van der Waals surface area contributed by atoms with Crippen LogP contribution >= 0.6 is 36.2 Å². The summed E-state index contributed by atoms with van der Waals surface area (Å²) in [5.41, 5.74) is 5.80. The summed E-state index contributed by atoms with van der Waals surface area (Å²) in [6.45, 7) is 2.34. The Hall–Kier alpha value is -1.35. The van der Waals surface area contributed by atoms with E-state index in [2.05, 4.69) is 10.3 Å². The molecule has 0 radical (unpaired) electrons. The lowest BCUT2D eigenvalue weighted by molar-refractivity contribution is -0.137. The molecule has 1 aromatic heterocycles. The first kappa shape index (κ1) is 24.7. The standard InChI is InChI=1S/C16H18F3N3OS.2ClH/c1-10(20)5-6-21-14(23)8-13-9-24-15(22-13)11-3-2-4-12(7-11)16(17,18)19;;/h2-4,7,9-10H,5-6,8,20H2,1H3,(H,21,23);2*1H. The number of carbonyl (C=O) groups is 1. The highest BCUT2D eigenvalue weighted by Crippen LogP contribution is 2.33. The molecule has 1 amide bonds. The predicted octanol–water partition coefficient (Wildman–Crippen LogP) is 4.07. The smallest absolute Gasteiger partial charge is 0.356 e. The topological polar surface area (TPSA) is 68.0 Å². The Morgan fingerprint density at radius 3 is 2.65 bits per heavy atom. The van der Waals surface area contributed by atoms with Gasteiger partial charge in [0.15, 0.2) is 0 Å². The third-order valence-electron chi connectivity index (χ3n) is 3.25. The van der Waals surface area contributed by atoms with Crippen LogP contribution in [0.4, 0.5) is 13.2 Å². The van der Waals surface area contributed by atoms with Gasteiger partial charge in [0.25, 0.3) is 0 Å². The van der Waals surface area contributed by atoms with Crippen molar-refractivity contribution < 1.29 is 18.0 Å². The molecule has 0 spiro atoms. The maximum absolute atomic E-state index is 12.8. The molecular formula is C16H20Cl2F3N3OS. The number of amides is 1. The number of carbonyl (C=O) groups excluding carboxylic acids is 1. The number of alkyl halides is 3. The lowest BCUT2D eigenvalue weighted by Crippen LogP contribution is -2.30. The van der Waals surface area contributed by atoms with Crippen LogP contribution in [-0.4, -0.2) is 23.5 Å². The molecule has 1 atom stereocenters. The Balaban J connectivity index is 0.00000312. The maximum Gasteiger partial charge on any atom is 0.416 e. The van der Waals surface area contributed by atoms with E-state index in [9.17, 15) is 18.0 Å². The van der Waals surface area contributed by atoms with E-state index >= 15 is 0 Å². The molecule has 4 nitrogen and oxygen atoms in total.